The highest BCUT2D eigenvalue weighted by atomic mass is 15.2. The summed E-state index contributed by atoms with van der Waals surface area (Å²) in [6.07, 6.45) is 0. The van der Waals surface area contributed by atoms with Crippen molar-refractivity contribution in [2.75, 3.05) is 19.6 Å². The quantitative estimate of drug-likeness (QED) is 0.114. The average molecular weight is 939 g/mol. The van der Waals surface area contributed by atoms with Crippen molar-refractivity contribution in [2.45, 2.75) is 19.3 Å². The van der Waals surface area contributed by atoms with Crippen LogP contribution < -0.4 is 19.6 Å². The van der Waals surface area contributed by atoms with E-state index in [1.807, 2.05) is 0 Å². The predicted octanol–water partition coefficient (Wildman–Crippen LogP) is 19.5. The van der Waals surface area contributed by atoms with Crippen LogP contribution in [-0.4, -0.2) is 0 Å². The monoisotopic (exact) mass is 938 g/mol. The molecule has 1 aliphatic carbocycles. The molecule has 4 heteroatoms. The van der Waals surface area contributed by atoms with E-state index >= 15 is 0 Å². The Kier molecular flexibility index (Phi) is 11.9. The molecule has 0 unspecified atom stereocenters. The molecule has 0 spiro atoms. The normalized spacial score (nSPS) is 12.1. The predicted molar refractivity (Wildman–Crippen MR) is 308 cm³/mol. The number of nitrogens with zero attached hydrogens (tertiary/aromatic N) is 4. The second-order valence-electron chi connectivity index (χ2n) is 19.0. The van der Waals surface area contributed by atoms with Crippen LogP contribution in [0.2, 0.25) is 0 Å². The van der Waals surface area contributed by atoms with Crippen LogP contribution in [0.1, 0.15) is 25.0 Å². The van der Waals surface area contributed by atoms with Crippen LogP contribution >= 0.6 is 0 Å². The van der Waals surface area contributed by atoms with Crippen molar-refractivity contribution < 1.29 is 0 Å². The highest BCUT2D eigenvalue weighted by Gasteiger charge is 2.37. The van der Waals surface area contributed by atoms with E-state index in [0.717, 1.165) is 79.4 Å². The van der Waals surface area contributed by atoms with E-state index in [0.29, 0.717) is 0 Å². The number of hydrogen-bond donors (Lipinski definition) is 0. The second-order valence-corrected chi connectivity index (χ2v) is 19.0. The molecule has 1 aliphatic rings. The number of anilines is 12. The summed E-state index contributed by atoms with van der Waals surface area (Å²) in [6, 6.07) is 105. The molecular formula is C69H54N4. The number of fused-ring (bicyclic) bond motifs is 3. The van der Waals surface area contributed by atoms with Crippen molar-refractivity contribution in [1.82, 2.24) is 0 Å². The molecule has 0 radical (unpaired) electrons. The summed E-state index contributed by atoms with van der Waals surface area (Å²) >= 11 is 0. The number of hydrogen-bond acceptors (Lipinski definition) is 4. The first-order chi connectivity index (χ1) is 36.0. The molecule has 11 aromatic carbocycles. The van der Waals surface area contributed by atoms with Gasteiger partial charge in [-0.1, -0.05) is 159 Å². The molecule has 11 aromatic rings. The summed E-state index contributed by atoms with van der Waals surface area (Å²) in [5, 5.41) is 0. The standard InChI is InChI=1S/C69H54N4/c1-69(2)67-49-63(72(56-27-15-6-16-28-56)57-29-17-7-18-30-57)45-47-65(67)66-48-46-64(50-68(66)69)73(58-31-19-8-20-32-58)60-39-35-52(36-40-60)51-33-37-59(38-34-51)71(55-25-13-5-14-26-55)62-43-41-61(42-44-62)70(53-21-9-3-10-22-53)54-23-11-4-12-24-54/h3-50H,1-2H3. The van der Waals surface area contributed by atoms with Crippen LogP contribution in [0.4, 0.5) is 68.2 Å². The molecule has 0 heterocycles. The van der Waals surface area contributed by atoms with Crippen molar-refractivity contribution in [1.29, 1.82) is 0 Å². The highest BCUT2D eigenvalue weighted by molar-refractivity contribution is 5.89. The van der Waals surface area contributed by atoms with Gasteiger partial charge in [-0.3, -0.25) is 0 Å². The molecule has 0 saturated carbocycles. The van der Waals surface area contributed by atoms with Gasteiger partial charge in [0.2, 0.25) is 0 Å². The Hall–Kier alpha value is -9.38. The van der Waals surface area contributed by atoms with E-state index in [-0.39, 0.29) is 5.41 Å². The summed E-state index contributed by atoms with van der Waals surface area (Å²) in [5.74, 6) is 0. The lowest BCUT2D eigenvalue weighted by molar-refractivity contribution is 0.660. The maximum absolute atomic E-state index is 2.41. The van der Waals surface area contributed by atoms with Gasteiger partial charge in [-0.25, -0.2) is 0 Å². The SMILES string of the molecule is CC1(C)c2cc(N(c3ccccc3)c3ccccc3)ccc2-c2ccc(N(c3ccccc3)c3ccc(-c4ccc(N(c5ccccc5)c5ccc(N(c6ccccc6)c6ccccc6)cc5)cc4)cc3)cc21. The van der Waals surface area contributed by atoms with Gasteiger partial charge in [-0.2, -0.15) is 0 Å². The highest BCUT2D eigenvalue weighted by Crippen LogP contribution is 2.53. The third kappa shape index (κ3) is 8.70. The lowest BCUT2D eigenvalue weighted by atomic mass is 9.82. The van der Waals surface area contributed by atoms with Gasteiger partial charge in [0.05, 0.1) is 0 Å². The zero-order valence-corrected chi connectivity index (χ0v) is 41.0. The van der Waals surface area contributed by atoms with Crippen LogP contribution in [0, 0.1) is 0 Å². The second kappa shape index (κ2) is 19.4. The molecule has 350 valence electrons. The summed E-state index contributed by atoms with van der Waals surface area (Å²) in [4.78, 5) is 9.35. The molecule has 0 aliphatic heterocycles. The largest absolute Gasteiger partial charge is 0.311 e. The Labute approximate surface area is 429 Å². The van der Waals surface area contributed by atoms with E-state index in [1.54, 1.807) is 0 Å². The summed E-state index contributed by atoms with van der Waals surface area (Å²) in [5.41, 5.74) is 20.6. The Balaban J connectivity index is 0.838. The van der Waals surface area contributed by atoms with Gasteiger partial charge in [0, 0.05) is 73.7 Å². The van der Waals surface area contributed by atoms with Gasteiger partial charge in [0.25, 0.3) is 0 Å². The number of rotatable bonds is 13. The zero-order valence-electron chi connectivity index (χ0n) is 41.0. The van der Waals surface area contributed by atoms with Crippen LogP contribution in [0.25, 0.3) is 22.3 Å². The minimum absolute atomic E-state index is 0.237. The maximum Gasteiger partial charge on any atom is 0.0465 e. The lowest BCUT2D eigenvalue weighted by Crippen LogP contribution is -2.17. The molecule has 4 nitrogen and oxygen atoms in total. The number of para-hydroxylation sites is 6. The minimum atomic E-state index is -0.237. The zero-order chi connectivity index (χ0) is 49.1. The molecule has 0 N–H and O–H groups in total. The first-order valence-electron chi connectivity index (χ1n) is 25.1. The van der Waals surface area contributed by atoms with Gasteiger partial charge >= 0.3 is 0 Å². The Morgan fingerprint density at radius 3 is 0.644 bits per heavy atom. The van der Waals surface area contributed by atoms with E-state index < -0.39 is 0 Å². The van der Waals surface area contributed by atoms with E-state index in [9.17, 15) is 0 Å². The molecule has 73 heavy (non-hydrogen) atoms. The first kappa shape index (κ1) is 44.8. The van der Waals surface area contributed by atoms with Gasteiger partial charge in [0.1, 0.15) is 0 Å². The summed E-state index contributed by atoms with van der Waals surface area (Å²) in [7, 11) is 0. The molecule has 0 aromatic heterocycles. The van der Waals surface area contributed by atoms with Crippen molar-refractivity contribution in [3.63, 3.8) is 0 Å². The van der Waals surface area contributed by atoms with Crippen LogP contribution in [0.5, 0.6) is 0 Å². The van der Waals surface area contributed by atoms with Crippen LogP contribution in [0.15, 0.2) is 291 Å². The van der Waals surface area contributed by atoms with Gasteiger partial charge in [0.15, 0.2) is 0 Å². The van der Waals surface area contributed by atoms with Gasteiger partial charge in [-0.15, -0.1) is 0 Å². The fourth-order valence-corrected chi connectivity index (χ4v) is 10.6. The van der Waals surface area contributed by atoms with Crippen molar-refractivity contribution in [2.24, 2.45) is 0 Å². The Bertz CT molecular complexity index is 3530. The molecule has 0 amide bonds. The third-order valence-electron chi connectivity index (χ3n) is 14.2. The van der Waals surface area contributed by atoms with Crippen molar-refractivity contribution in [3.05, 3.63) is 302 Å². The summed E-state index contributed by atoms with van der Waals surface area (Å²) < 4.78 is 0. The van der Waals surface area contributed by atoms with Gasteiger partial charge < -0.3 is 19.6 Å². The van der Waals surface area contributed by atoms with Crippen LogP contribution in [0.3, 0.4) is 0 Å². The minimum Gasteiger partial charge on any atom is -0.311 e. The van der Waals surface area contributed by atoms with Crippen molar-refractivity contribution in [3.8, 4) is 22.3 Å². The van der Waals surface area contributed by atoms with E-state index in [4.69, 9.17) is 0 Å². The Morgan fingerprint density at radius 2 is 0.397 bits per heavy atom. The topological polar surface area (TPSA) is 13.0 Å². The fraction of sp³-hybridized carbons (Fsp3) is 0.0435. The molecule has 0 fully saturated rings. The van der Waals surface area contributed by atoms with E-state index in [1.165, 1.54) is 22.3 Å². The van der Waals surface area contributed by atoms with Crippen LogP contribution in [-0.2, 0) is 5.41 Å². The maximum atomic E-state index is 2.41. The average Bonchev–Trinajstić information content (AvgIpc) is 3.68. The Morgan fingerprint density at radius 1 is 0.205 bits per heavy atom. The third-order valence-corrected chi connectivity index (χ3v) is 14.2. The lowest BCUT2D eigenvalue weighted by Gasteiger charge is -2.29. The van der Waals surface area contributed by atoms with Gasteiger partial charge in [-0.05, 0) is 179 Å². The smallest absolute Gasteiger partial charge is 0.0465 e. The molecule has 0 bridgehead atoms. The molecule has 0 saturated heterocycles. The first-order valence-corrected chi connectivity index (χ1v) is 25.1. The number of benzene rings is 11. The summed E-state index contributed by atoms with van der Waals surface area (Å²) in [6.45, 7) is 4.74. The molecule has 12 rings (SSSR count). The fourth-order valence-electron chi connectivity index (χ4n) is 10.6. The van der Waals surface area contributed by atoms with Crippen molar-refractivity contribution >= 4 is 68.2 Å². The molecule has 0 atom stereocenters. The van der Waals surface area contributed by atoms with E-state index in [2.05, 4.69) is 325 Å². The molecular weight excluding hydrogens is 885 g/mol.